The van der Waals surface area contributed by atoms with Crippen LogP contribution < -0.4 is 5.32 Å². The number of carbonyl (C=O) groups excluding carboxylic acids is 2. The lowest BCUT2D eigenvalue weighted by atomic mass is 10.0. The summed E-state index contributed by atoms with van der Waals surface area (Å²) >= 11 is 0. The van der Waals surface area contributed by atoms with Gasteiger partial charge in [-0.05, 0) is 12.8 Å². The molecule has 182 valence electrons. The first kappa shape index (κ1) is 29.4. The Balaban J connectivity index is 3.48. The number of hydrogen-bond donors (Lipinski definition) is 2. The Kier molecular flexibility index (Phi) is 20.5. The van der Waals surface area contributed by atoms with Crippen LogP contribution in [0.3, 0.4) is 0 Å². The molecule has 0 aromatic carbocycles. The normalized spacial score (nSPS) is 11.8. The van der Waals surface area contributed by atoms with Gasteiger partial charge in [-0.2, -0.15) is 0 Å². The molecule has 0 spiro atoms. The van der Waals surface area contributed by atoms with Crippen molar-refractivity contribution < 1.29 is 24.2 Å². The molecule has 0 fully saturated rings. The number of rotatable bonds is 22. The van der Waals surface area contributed by atoms with Gasteiger partial charge in [0.1, 0.15) is 6.04 Å². The summed E-state index contributed by atoms with van der Waals surface area (Å²) in [5.41, 5.74) is 0. The Labute approximate surface area is 189 Å². The minimum Gasteiger partial charge on any atom is -0.481 e. The van der Waals surface area contributed by atoms with Crippen molar-refractivity contribution >= 4 is 17.8 Å². The van der Waals surface area contributed by atoms with Crippen molar-refractivity contribution in [2.75, 3.05) is 6.61 Å². The van der Waals surface area contributed by atoms with Crippen LogP contribution in [-0.2, 0) is 19.1 Å². The lowest BCUT2D eigenvalue weighted by Gasteiger charge is -2.15. The molecule has 0 aliphatic rings. The van der Waals surface area contributed by atoms with Gasteiger partial charge in [-0.1, -0.05) is 103 Å². The van der Waals surface area contributed by atoms with E-state index in [4.69, 9.17) is 9.84 Å². The van der Waals surface area contributed by atoms with Crippen LogP contribution in [0.25, 0.3) is 0 Å². The van der Waals surface area contributed by atoms with E-state index in [1.165, 1.54) is 90.4 Å². The Bertz CT molecular complexity index is 467. The molecule has 0 heterocycles. The Morgan fingerprint density at radius 2 is 1.16 bits per heavy atom. The molecule has 6 heteroatoms. The average molecular weight is 442 g/mol. The molecule has 6 nitrogen and oxygen atoms in total. The van der Waals surface area contributed by atoms with Crippen molar-refractivity contribution in [2.45, 2.75) is 135 Å². The van der Waals surface area contributed by atoms with E-state index in [1.54, 1.807) is 0 Å². The fraction of sp³-hybridized carbons (Fsp3) is 0.880. The van der Waals surface area contributed by atoms with Crippen molar-refractivity contribution in [2.24, 2.45) is 0 Å². The molecule has 0 aromatic rings. The van der Waals surface area contributed by atoms with Crippen molar-refractivity contribution in [3.05, 3.63) is 0 Å². The van der Waals surface area contributed by atoms with Crippen LogP contribution in [0.5, 0.6) is 0 Å². The third-order valence-corrected chi connectivity index (χ3v) is 5.55. The van der Waals surface area contributed by atoms with Gasteiger partial charge in [-0.25, -0.2) is 4.79 Å². The van der Waals surface area contributed by atoms with Gasteiger partial charge in [0.25, 0.3) is 0 Å². The fourth-order valence-corrected chi connectivity index (χ4v) is 3.69. The molecule has 0 aromatic heterocycles. The highest BCUT2D eigenvalue weighted by molar-refractivity contribution is 5.83. The number of ether oxygens (including phenoxy) is 1. The third-order valence-electron chi connectivity index (χ3n) is 5.55. The lowest BCUT2D eigenvalue weighted by molar-refractivity contribution is -0.148. The molecule has 0 aliphatic heterocycles. The summed E-state index contributed by atoms with van der Waals surface area (Å²) < 4.78 is 5.21. The van der Waals surface area contributed by atoms with E-state index in [1.807, 2.05) is 0 Å². The van der Waals surface area contributed by atoms with Gasteiger partial charge in [-0.3, -0.25) is 9.59 Å². The molecular weight excluding hydrogens is 394 g/mol. The van der Waals surface area contributed by atoms with E-state index in [-0.39, 0.29) is 18.7 Å². The molecule has 31 heavy (non-hydrogen) atoms. The van der Waals surface area contributed by atoms with Crippen molar-refractivity contribution in [1.29, 1.82) is 0 Å². The predicted octanol–water partition coefficient (Wildman–Crippen LogP) is 6.16. The number of amides is 1. The molecule has 0 rings (SSSR count). The molecule has 1 unspecified atom stereocenters. The number of aliphatic carboxylic acids is 1. The number of unbranched alkanes of at least 4 members (excludes halogenated alkanes) is 15. The standard InChI is InChI=1S/C25H47NO5/c1-3-4-5-6-7-8-9-10-11-12-13-14-15-16-17-18-21-31-25(30)23(26-22(2)27)19-20-24(28)29/h23H,3-21H2,1-2H3,(H,26,27)(H,28,29). The summed E-state index contributed by atoms with van der Waals surface area (Å²) in [6.45, 7) is 3.88. The van der Waals surface area contributed by atoms with E-state index < -0.39 is 18.0 Å². The molecule has 2 N–H and O–H groups in total. The van der Waals surface area contributed by atoms with Crippen LogP contribution in [0.15, 0.2) is 0 Å². The number of carbonyl (C=O) groups is 3. The van der Waals surface area contributed by atoms with Crippen LogP contribution in [0.4, 0.5) is 0 Å². The molecule has 0 bridgehead atoms. The summed E-state index contributed by atoms with van der Waals surface area (Å²) in [5, 5.41) is 11.2. The monoisotopic (exact) mass is 441 g/mol. The SMILES string of the molecule is CCCCCCCCCCCCCCCCCCOC(=O)C(CCC(=O)O)NC(C)=O. The maximum absolute atomic E-state index is 12.0. The summed E-state index contributed by atoms with van der Waals surface area (Å²) in [5.74, 6) is -1.91. The minimum atomic E-state index is -0.999. The first-order valence-corrected chi connectivity index (χ1v) is 12.6. The Morgan fingerprint density at radius 1 is 0.742 bits per heavy atom. The van der Waals surface area contributed by atoms with Gasteiger partial charge in [-0.15, -0.1) is 0 Å². The van der Waals surface area contributed by atoms with Crippen LogP contribution >= 0.6 is 0 Å². The molecule has 0 saturated carbocycles. The quantitative estimate of drug-likeness (QED) is 0.155. The van der Waals surface area contributed by atoms with Gasteiger partial charge in [0, 0.05) is 13.3 Å². The highest BCUT2D eigenvalue weighted by atomic mass is 16.5. The zero-order valence-electron chi connectivity index (χ0n) is 20.1. The third kappa shape index (κ3) is 21.4. The highest BCUT2D eigenvalue weighted by Crippen LogP contribution is 2.13. The van der Waals surface area contributed by atoms with Gasteiger partial charge in [0.05, 0.1) is 6.61 Å². The number of carboxylic acid groups (broad SMARTS) is 1. The largest absolute Gasteiger partial charge is 0.481 e. The summed E-state index contributed by atoms with van der Waals surface area (Å²) in [6.07, 6.45) is 20.5. The van der Waals surface area contributed by atoms with Crippen LogP contribution in [0, 0.1) is 0 Å². The van der Waals surface area contributed by atoms with E-state index in [0.717, 1.165) is 19.3 Å². The number of nitrogens with one attached hydrogen (secondary N) is 1. The summed E-state index contributed by atoms with van der Waals surface area (Å²) in [6, 6.07) is -0.880. The van der Waals surface area contributed by atoms with Gasteiger partial charge in [0.15, 0.2) is 0 Å². The number of carboxylic acids is 1. The maximum Gasteiger partial charge on any atom is 0.328 e. The second kappa shape index (κ2) is 21.6. The highest BCUT2D eigenvalue weighted by Gasteiger charge is 2.21. The second-order valence-corrected chi connectivity index (χ2v) is 8.66. The van der Waals surface area contributed by atoms with Crippen LogP contribution in [-0.4, -0.2) is 35.6 Å². The molecular formula is C25H47NO5. The van der Waals surface area contributed by atoms with Gasteiger partial charge < -0.3 is 15.2 Å². The molecule has 0 radical (unpaired) electrons. The minimum absolute atomic E-state index is 0.0483. The second-order valence-electron chi connectivity index (χ2n) is 8.66. The van der Waals surface area contributed by atoms with Crippen molar-refractivity contribution in [3.8, 4) is 0 Å². The Hall–Kier alpha value is -1.59. The van der Waals surface area contributed by atoms with E-state index in [9.17, 15) is 14.4 Å². The lowest BCUT2D eigenvalue weighted by Crippen LogP contribution is -2.41. The average Bonchev–Trinajstić information content (AvgIpc) is 2.72. The first-order valence-electron chi connectivity index (χ1n) is 12.6. The fourth-order valence-electron chi connectivity index (χ4n) is 3.69. The van der Waals surface area contributed by atoms with Gasteiger partial charge in [0.2, 0.25) is 5.91 Å². The van der Waals surface area contributed by atoms with Gasteiger partial charge >= 0.3 is 11.9 Å². The zero-order chi connectivity index (χ0) is 23.2. The Morgan fingerprint density at radius 3 is 1.55 bits per heavy atom. The summed E-state index contributed by atoms with van der Waals surface area (Å²) in [4.78, 5) is 33.9. The first-order chi connectivity index (χ1) is 15.0. The van der Waals surface area contributed by atoms with E-state index >= 15 is 0 Å². The molecule has 0 saturated heterocycles. The van der Waals surface area contributed by atoms with E-state index in [0.29, 0.717) is 6.61 Å². The smallest absolute Gasteiger partial charge is 0.328 e. The topological polar surface area (TPSA) is 92.7 Å². The van der Waals surface area contributed by atoms with E-state index in [2.05, 4.69) is 12.2 Å². The number of hydrogen-bond acceptors (Lipinski definition) is 4. The molecule has 1 atom stereocenters. The van der Waals surface area contributed by atoms with Crippen molar-refractivity contribution in [3.63, 3.8) is 0 Å². The maximum atomic E-state index is 12.0. The zero-order valence-corrected chi connectivity index (χ0v) is 20.1. The van der Waals surface area contributed by atoms with Crippen LogP contribution in [0.2, 0.25) is 0 Å². The predicted molar refractivity (Wildman–Crippen MR) is 125 cm³/mol. The summed E-state index contributed by atoms with van der Waals surface area (Å²) in [7, 11) is 0. The number of esters is 1. The van der Waals surface area contributed by atoms with Crippen LogP contribution in [0.1, 0.15) is 129 Å². The molecule has 0 aliphatic carbocycles. The van der Waals surface area contributed by atoms with Crippen molar-refractivity contribution in [1.82, 2.24) is 5.32 Å². The molecule has 1 amide bonds.